The van der Waals surface area contributed by atoms with Crippen molar-refractivity contribution >= 4 is 58.2 Å². The molecular formula is C30H30Cl3N3O4. The first kappa shape index (κ1) is 27.6. The molecule has 6 rings (SSSR count). The van der Waals surface area contributed by atoms with E-state index in [1.165, 1.54) is 0 Å². The average Bonchev–Trinajstić information content (AvgIpc) is 3.49. The molecule has 40 heavy (non-hydrogen) atoms. The second-order valence-electron chi connectivity index (χ2n) is 11.4. The van der Waals surface area contributed by atoms with Crippen molar-refractivity contribution in [3.8, 4) is 0 Å². The first-order valence-corrected chi connectivity index (χ1v) is 14.8. The van der Waals surface area contributed by atoms with E-state index in [0.29, 0.717) is 20.8 Å². The number of carbonyl (C=O) groups is 3. The van der Waals surface area contributed by atoms with Crippen LogP contribution in [0.15, 0.2) is 54.6 Å². The quantitative estimate of drug-likeness (QED) is 0.411. The minimum Gasteiger partial charge on any atom is -0.356 e. The molecule has 0 radical (unpaired) electrons. The zero-order chi connectivity index (χ0) is 28.2. The van der Waals surface area contributed by atoms with E-state index < -0.39 is 29.1 Å². The number of carbonyl (C=O) groups excluding carboxylic acids is 3. The summed E-state index contributed by atoms with van der Waals surface area (Å²) in [6.45, 7) is 1.98. The second-order valence-corrected chi connectivity index (χ2v) is 12.6. The van der Waals surface area contributed by atoms with Crippen LogP contribution >= 0.6 is 34.8 Å². The van der Waals surface area contributed by atoms with Gasteiger partial charge in [0.15, 0.2) is 0 Å². The van der Waals surface area contributed by atoms with Gasteiger partial charge in [-0.15, -0.1) is 0 Å². The summed E-state index contributed by atoms with van der Waals surface area (Å²) in [4.78, 5) is 43.6. The van der Waals surface area contributed by atoms with E-state index >= 15 is 0 Å². The third-order valence-electron chi connectivity index (χ3n) is 8.73. The number of ether oxygens (including phenoxy) is 1. The van der Waals surface area contributed by atoms with Gasteiger partial charge in [0.2, 0.25) is 17.7 Å². The van der Waals surface area contributed by atoms with E-state index in [1.807, 2.05) is 24.3 Å². The van der Waals surface area contributed by atoms with Gasteiger partial charge in [-0.2, -0.15) is 0 Å². The number of halogens is 3. The van der Waals surface area contributed by atoms with Crippen LogP contribution in [0.2, 0.25) is 15.1 Å². The molecule has 2 bridgehead atoms. The van der Waals surface area contributed by atoms with Crippen LogP contribution in [0, 0.1) is 11.8 Å². The summed E-state index contributed by atoms with van der Waals surface area (Å²) in [7, 11) is 0. The normalized spacial score (nSPS) is 30.9. The fraction of sp³-hybridized carbons (Fsp3) is 0.433. The Labute approximate surface area is 248 Å². The molecule has 2 aromatic rings. The van der Waals surface area contributed by atoms with Crippen LogP contribution in [0.25, 0.3) is 0 Å². The molecule has 10 heteroatoms. The van der Waals surface area contributed by atoms with E-state index in [2.05, 4.69) is 10.6 Å². The minimum atomic E-state index is -1.27. The minimum absolute atomic E-state index is 0.0519. The number of hydrogen-bond acceptors (Lipinski definition) is 4. The molecule has 1 saturated carbocycles. The van der Waals surface area contributed by atoms with Crippen molar-refractivity contribution in [3.05, 3.63) is 75.2 Å². The molecular weight excluding hydrogens is 573 g/mol. The van der Waals surface area contributed by atoms with E-state index in [0.717, 1.165) is 37.7 Å². The van der Waals surface area contributed by atoms with E-state index in [1.54, 1.807) is 42.2 Å². The lowest BCUT2D eigenvalue weighted by atomic mass is 9.70. The molecule has 3 fully saturated rings. The van der Waals surface area contributed by atoms with Crippen LogP contribution in [0.4, 0.5) is 5.69 Å². The molecule has 2 aromatic carbocycles. The highest BCUT2D eigenvalue weighted by Gasteiger charge is 2.76. The molecule has 5 atom stereocenters. The summed E-state index contributed by atoms with van der Waals surface area (Å²) in [6, 6.07) is 11.1. The number of amides is 3. The van der Waals surface area contributed by atoms with Crippen molar-refractivity contribution in [3.63, 3.8) is 0 Å². The maximum Gasteiger partial charge on any atom is 0.246 e. The molecule has 0 aromatic heterocycles. The highest BCUT2D eigenvalue weighted by molar-refractivity contribution is 6.42. The van der Waals surface area contributed by atoms with Crippen LogP contribution in [-0.4, -0.2) is 45.9 Å². The summed E-state index contributed by atoms with van der Waals surface area (Å²) in [5, 5.41) is 7.35. The Balaban J connectivity index is 1.35. The number of fused-ring (bicyclic) bond motifs is 1. The van der Waals surface area contributed by atoms with E-state index in [4.69, 9.17) is 39.5 Å². The predicted octanol–water partition coefficient (Wildman–Crippen LogP) is 5.78. The Kier molecular flexibility index (Phi) is 7.14. The Bertz CT molecular complexity index is 1390. The van der Waals surface area contributed by atoms with Gasteiger partial charge in [-0.1, -0.05) is 78.4 Å². The fourth-order valence-electron chi connectivity index (χ4n) is 6.91. The van der Waals surface area contributed by atoms with Crippen LogP contribution in [0.3, 0.4) is 0 Å². The van der Waals surface area contributed by atoms with Gasteiger partial charge in [-0.3, -0.25) is 14.4 Å². The van der Waals surface area contributed by atoms with Crippen LogP contribution in [0.5, 0.6) is 0 Å². The first-order chi connectivity index (χ1) is 19.1. The van der Waals surface area contributed by atoms with Gasteiger partial charge in [0.1, 0.15) is 11.6 Å². The van der Waals surface area contributed by atoms with Crippen molar-refractivity contribution < 1.29 is 19.1 Å². The molecule has 3 heterocycles. The number of benzene rings is 2. The molecule has 2 N–H and O–H groups in total. The van der Waals surface area contributed by atoms with Gasteiger partial charge in [0.05, 0.1) is 27.5 Å². The van der Waals surface area contributed by atoms with Gasteiger partial charge in [0.25, 0.3) is 0 Å². The standard InChI is InChI=1S/C30H30Cl3N3O4/c1-29-13-14-30(40-29)24(23(29)26(37)35-20-11-12-21(32)22(33)15-20)28(39)36(16-17-7-9-18(31)10-8-17)25(30)27(38)34-19-5-3-2-4-6-19/h7-15,19,23-25H,2-6,16H2,1H3,(H,34,38)(H,35,37)/t23-,24-,25-,29-,30-/m0/s1. The van der Waals surface area contributed by atoms with Crippen molar-refractivity contribution in [2.24, 2.45) is 11.8 Å². The molecule has 3 amide bonds. The fourth-order valence-corrected chi connectivity index (χ4v) is 7.33. The van der Waals surface area contributed by atoms with Gasteiger partial charge >= 0.3 is 0 Å². The monoisotopic (exact) mass is 601 g/mol. The summed E-state index contributed by atoms with van der Waals surface area (Å²) in [5.74, 6) is -2.66. The summed E-state index contributed by atoms with van der Waals surface area (Å²) < 4.78 is 6.60. The molecule has 0 unspecified atom stereocenters. The SMILES string of the molecule is C[C@@]12C=C[C@]3(O1)[C@H](C(=O)N(Cc1ccc(Cl)cc1)[C@H]3C(=O)NC1CCCCC1)[C@H]2C(=O)Nc1ccc(Cl)c(Cl)c1. The summed E-state index contributed by atoms with van der Waals surface area (Å²) in [5.41, 5.74) is -1.04. The molecule has 4 aliphatic rings. The summed E-state index contributed by atoms with van der Waals surface area (Å²) in [6.07, 6.45) is 8.73. The van der Waals surface area contributed by atoms with Gasteiger partial charge in [-0.05, 0) is 55.7 Å². The molecule has 210 valence electrons. The Morgan fingerprint density at radius 1 is 0.975 bits per heavy atom. The third-order valence-corrected chi connectivity index (χ3v) is 9.72. The van der Waals surface area contributed by atoms with Crippen molar-refractivity contribution in [2.75, 3.05) is 5.32 Å². The first-order valence-electron chi connectivity index (χ1n) is 13.6. The Morgan fingerprint density at radius 3 is 2.40 bits per heavy atom. The zero-order valence-corrected chi connectivity index (χ0v) is 24.2. The molecule has 1 spiro atoms. The Hall–Kier alpha value is -2.58. The van der Waals surface area contributed by atoms with Gasteiger partial charge in [0, 0.05) is 23.3 Å². The maximum atomic E-state index is 14.2. The third kappa shape index (κ3) is 4.61. The van der Waals surface area contributed by atoms with Gasteiger partial charge in [-0.25, -0.2) is 0 Å². The van der Waals surface area contributed by atoms with Crippen LogP contribution < -0.4 is 10.6 Å². The van der Waals surface area contributed by atoms with Crippen LogP contribution in [0.1, 0.15) is 44.6 Å². The lowest BCUT2D eigenvalue weighted by Crippen LogP contribution is -2.56. The molecule has 1 aliphatic carbocycles. The predicted molar refractivity (Wildman–Crippen MR) is 154 cm³/mol. The van der Waals surface area contributed by atoms with E-state index in [9.17, 15) is 14.4 Å². The number of anilines is 1. The molecule has 2 saturated heterocycles. The number of rotatable bonds is 6. The van der Waals surface area contributed by atoms with Crippen molar-refractivity contribution in [1.29, 1.82) is 0 Å². The van der Waals surface area contributed by atoms with Crippen molar-refractivity contribution in [2.45, 2.75) is 68.9 Å². The highest BCUT2D eigenvalue weighted by atomic mass is 35.5. The second kappa shape index (κ2) is 10.4. The van der Waals surface area contributed by atoms with E-state index in [-0.39, 0.29) is 30.3 Å². The number of likely N-dealkylation sites (tertiary alicyclic amines) is 1. The largest absolute Gasteiger partial charge is 0.356 e. The zero-order valence-electron chi connectivity index (χ0n) is 22.0. The van der Waals surface area contributed by atoms with Crippen LogP contribution in [-0.2, 0) is 25.7 Å². The molecule has 7 nitrogen and oxygen atoms in total. The lowest BCUT2D eigenvalue weighted by Gasteiger charge is -2.34. The van der Waals surface area contributed by atoms with Crippen molar-refractivity contribution in [1.82, 2.24) is 10.2 Å². The van der Waals surface area contributed by atoms with Gasteiger partial charge < -0.3 is 20.3 Å². The number of nitrogens with one attached hydrogen (secondary N) is 2. The average molecular weight is 603 g/mol. The highest BCUT2D eigenvalue weighted by Crippen LogP contribution is 2.60. The summed E-state index contributed by atoms with van der Waals surface area (Å²) >= 11 is 18.3. The molecule has 3 aliphatic heterocycles. The lowest BCUT2D eigenvalue weighted by molar-refractivity contribution is -0.145. The Morgan fingerprint density at radius 2 is 1.70 bits per heavy atom. The smallest absolute Gasteiger partial charge is 0.246 e. The topological polar surface area (TPSA) is 87.7 Å². The number of nitrogens with zero attached hydrogens (tertiary/aromatic N) is 1. The number of hydrogen-bond donors (Lipinski definition) is 2. The maximum absolute atomic E-state index is 14.2.